The second-order valence-electron chi connectivity index (χ2n) is 4.14. The second kappa shape index (κ2) is 4.18. The Labute approximate surface area is 98.7 Å². The molecule has 0 bridgehead atoms. The number of aromatic nitrogens is 2. The summed E-state index contributed by atoms with van der Waals surface area (Å²) in [4.78, 5) is 10.8. The number of nitrogens with zero attached hydrogens (tertiary/aromatic N) is 3. The summed E-state index contributed by atoms with van der Waals surface area (Å²) in [6.45, 7) is 1.48. The van der Waals surface area contributed by atoms with E-state index in [0.29, 0.717) is 12.4 Å². The van der Waals surface area contributed by atoms with Gasteiger partial charge in [-0.2, -0.15) is 0 Å². The van der Waals surface area contributed by atoms with Gasteiger partial charge in [0.1, 0.15) is 12.1 Å². The van der Waals surface area contributed by atoms with Gasteiger partial charge in [-0.15, -0.1) is 0 Å². The van der Waals surface area contributed by atoms with E-state index in [-0.39, 0.29) is 6.10 Å². The topological polar surface area (TPSA) is 62.4 Å². The van der Waals surface area contributed by atoms with Crippen molar-refractivity contribution in [3.63, 3.8) is 0 Å². The number of aliphatic hydroxyl groups excluding tert-OH is 1. The summed E-state index contributed by atoms with van der Waals surface area (Å²) in [5, 5.41) is 9.51. The molecule has 2 aromatic rings. The van der Waals surface area contributed by atoms with Crippen LogP contribution >= 0.6 is 0 Å². The molecule has 3 heterocycles. The number of furan rings is 1. The summed E-state index contributed by atoms with van der Waals surface area (Å²) in [7, 11) is 0. The molecule has 3 rings (SSSR count). The minimum absolute atomic E-state index is 0.248. The van der Waals surface area contributed by atoms with E-state index < -0.39 is 0 Å². The molecular weight excluding hydrogens is 218 g/mol. The van der Waals surface area contributed by atoms with Crippen LogP contribution in [-0.4, -0.2) is 34.3 Å². The van der Waals surface area contributed by atoms with Crippen LogP contribution in [0.3, 0.4) is 0 Å². The Morgan fingerprint density at radius 3 is 3.06 bits per heavy atom. The molecule has 0 unspecified atom stereocenters. The average molecular weight is 231 g/mol. The Morgan fingerprint density at radius 1 is 1.41 bits per heavy atom. The van der Waals surface area contributed by atoms with Gasteiger partial charge < -0.3 is 14.4 Å². The van der Waals surface area contributed by atoms with Gasteiger partial charge in [-0.05, 0) is 18.6 Å². The molecule has 17 heavy (non-hydrogen) atoms. The lowest BCUT2D eigenvalue weighted by Crippen LogP contribution is -2.22. The van der Waals surface area contributed by atoms with Crippen molar-refractivity contribution in [1.29, 1.82) is 0 Å². The van der Waals surface area contributed by atoms with Crippen LogP contribution in [0.4, 0.5) is 5.82 Å². The molecule has 0 amide bonds. The fourth-order valence-electron chi connectivity index (χ4n) is 2.01. The maximum Gasteiger partial charge on any atom is 0.164 e. The zero-order valence-corrected chi connectivity index (χ0v) is 9.28. The van der Waals surface area contributed by atoms with E-state index in [4.69, 9.17) is 4.42 Å². The van der Waals surface area contributed by atoms with E-state index >= 15 is 0 Å². The maximum absolute atomic E-state index is 9.51. The Hall–Kier alpha value is -1.88. The maximum atomic E-state index is 9.51. The molecule has 1 fully saturated rings. The smallest absolute Gasteiger partial charge is 0.164 e. The fraction of sp³-hybridized carbons (Fsp3) is 0.333. The molecular formula is C12H13N3O2. The van der Waals surface area contributed by atoms with Crippen LogP contribution in [0.5, 0.6) is 0 Å². The Bertz CT molecular complexity index is 498. The molecule has 1 atom stereocenters. The first-order valence-electron chi connectivity index (χ1n) is 5.61. The predicted octanol–water partition coefficient (Wildman–Crippen LogP) is 1.31. The Morgan fingerprint density at radius 2 is 2.35 bits per heavy atom. The average Bonchev–Trinajstić information content (AvgIpc) is 3.00. The summed E-state index contributed by atoms with van der Waals surface area (Å²) < 4.78 is 5.02. The molecule has 5 heteroatoms. The lowest BCUT2D eigenvalue weighted by molar-refractivity contribution is 0.198. The summed E-state index contributed by atoms with van der Waals surface area (Å²) in [5.41, 5.74) is 0.867. The van der Waals surface area contributed by atoms with E-state index in [2.05, 4.69) is 14.9 Å². The molecule has 0 saturated carbocycles. The molecule has 1 aliphatic heterocycles. The van der Waals surface area contributed by atoms with Gasteiger partial charge in [0.15, 0.2) is 5.82 Å². The SMILES string of the molecule is O[C@@H]1CCN(c2ccnc(-c3ccoc3)n2)C1. The minimum Gasteiger partial charge on any atom is -0.472 e. The van der Waals surface area contributed by atoms with Gasteiger partial charge >= 0.3 is 0 Å². The zero-order chi connectivity index (χ0) is 11.7. The van der Waals surface area contributed by atoms with Crippen molar-refractivity contribution in [1.82, 2.24) is 9.97 Å². The second-order valence-corrected chi connectivity index (χ2v) is 4.14. The van der Waals surface area contributed by atoms with Crippen molar-refractivity contribution < 1.29 is 9.52 Å². The largest absolute Gasteiger partial charge is 0.472 e. The number of β-amino-alcohol motifs (C(OH)–C–C–N with tert-alkyl or cyclic N) is 1. The van der Waals surface area contributed by atoms with Crippen LogP contribution in [0.2, 0.25) is 0 Å². The van der Waals surface area contributed by atoms with Gasteiger partial charge in [0, 0.05) is 19.3 Å². The van der Waals surface area contributed by atoms with E-state index in [9.17, 15) is 5.11 Å². The Balaban J connectivity index is 1.89. The summed E-state index contributed by atoms with van der Waals surface area (Å²) in [6.07, 6.45) is 5.51. The quantitative estimate of drug-likeness (QED) is 0.844. The van der Waals surface area contributed by atoms with Crippen LogP contribution in [0.15, 0.2) is 35.3 Å². The van der Waals surface area contributed by atoms with Gasteiger partial charge in [0.25, 0.3) is 0 Å². The minimum atomic E-state index is -0.248. The lowest BCUT2D eigenvalue weighted by atomic mass is 10.3. The van der Waals surface area contributed by atoms with Gasteiger partial charge in [-0.3, -0.25) is 0 Å². The molecule has 2 aromatic heterocycles. The number of anilines is 1. The highest BCUT2D eigenvalue weighted by atomic mass is 16.3. The first-order chi connectivity index (χ1) is 8.33. The predicted molar refractivity (Wildman–Crippen MR) is 62.6 cm³/mol. The standard InChI is InChI=1S/C12H13N3O2/c16-10-2-5-15(7-10)11-1-4-13-12(14-11)9-3-6-17-8-9/h1,3-4,6,8,10,16H,2,5,7H2/t10-/m1/s1. The molecule has 0 aromatic carbocycles. The highest BCUT2D eigenvalue weighted by Crippen LogP contribution is 2.21. The lowest BCUT2D eigenvalue weighted by Gasteiger charge is -2.16. The van der Waals surface area contributed by atoms with Crippen LogP contribution in [0, 0.1) is 0 Å². The van der Waals surface area contributed by atoms with Crippen LogP contribution < -0.4 is 4.90 Å². The zero-order valence-electron chi connectivity index (χ0n) is 9.28. The van der Waals surface area contributed by atoms with Crippen molar-refractivity contribution in [2.75, 3.05) is 18.0 Å². The third-order valence-electron chi connectivity index (χ3n) is 2.91. The molecule has 0 radical (unpaired) electrons. The third kappa shape index (κ3) is 2.01. The third-order valence-corrected chi connectivity index (χ3v) is 2.91. The number of hydrogen-bond acceptors (Lipinski definition) is 5. The Kier molecular flexibility index (Phi) is 2.53. The van der Waals surface area contributed by atoms with Crippen LogP contribution in [-0.2, 0) is 0 Å². The summed E-state index contributed by atoms with van der Waals surface area (Å²) in [5.74, 6) is 1.50. The first kappa shape index (κ1) is 10.3. The molecule has 1 N–H and O–H groups in total. The molecule has 0 spiro atoms. The van der Waals surface area contributed by atoms with Crippen molar-refractivity contribution in [2.24, 2.45) is 0 Å². The summed E-state index contributed by atoms with van der Waals surface area (Å²) in [6, 6.07) is 3.69. The van der Waals surface area contributed by atoms with Crippen molar-refractivity contribution in [2.45, 2.75) is 12.5 Å². The first-order valence-corrected chi connectivity index (χ1v) is 5.61. The van der Waals surface area contributed by atoms with Gasteiger partial charge in [-0.1, -0.05) is 0 Å². The summed E-state index contributed by atoms with van der Waals surface area (Å²) >= 11 is 0. The van der Waals surface area contributed by atoms with Crippen molar-refractivity contribution in [3.05, 3.63) is 30.9 Å². The van der Waals surface area contributed by atoms with E-state index in [0.717, 1.165) is 24.3 Å². The molecule has 0 aliphatic carbocycles. The van der Waals surface area contributed by atoms with Gasteiger partial charge in [0.05, 0.1) is 17.9 Å². The fourth-order valence-corrected chi connectivity index (χ4v) is 2.01. The van der Waals surface area contributed by atoms with Gasteiger partial charge in [0.2, 0.25) is 0 Å². The van der Waals surface area contributed by atoms with Crippen molar-refractivity contribution in [3.8, 4) is 11.4 Å². The highest BCUT2D eigenvalue weighted by molar-refractivity contribution is 5.55. The van der Waals surface area contributed by atoms with E-state index in [1.165, 1.54) is 0 Å². The molecule has 88 valence electrons. The van der Waals surface area contributed by atoms with Crippen molar-refractivity contribution >= 4 is 5.82 Å². The van der Waals surface area contributed by atoms with E-state index in [1.807, 2.05) is 12.1 Å². The molecule has 1 aliphatic rings. The number of aliphatic hydroxyl groups is 1. The number of rotatable bonds is 2. The van der Waals surface area contributed by atoms with E-state index in [1.54, 1.807) is 18.7 Å². The monoisotopic (exact) mass is 231 g/mol. The van der Waals surface area contributed by atoms with Crippen LogP contribution in [0.25, 0.3) is 11.4 Å². The van der Waals surface area contributed by atoms with Crippen LogP contribution in [0.1, 0.15) is 6.42 Å². The normalized spacial score (nSPS) is 19.8. The molecule has 5 nitrogen and oxygen atoms in total. The highest BCUT2D eigenvalue weighted by Gasteiger charge is 2.21. The molecule has 1 saturated heterocycles. The number of hydrogen-bond donors (Lipinski definition) is 1. The van der Waals surface area contributed by atoms with Gasteiger partial charge in [-0.25, -0.2) is 9.97 Å².